The first-order valence-electron chi connectivity index (χ1n) is 12.7. The van der Waals surface area contributed by atoms with E-state index in [9.17, 15) is 8.42 Å². The molecule has 4 nitrogen and oxygen atoms in total. The molecule has 0 radical (unpaired) electrons. The van der Waals surface area contributed by atoms with Gasteiger partial charge in [0.05, 0.1) is 12.9 Å². The number of aryl methyl sites for hydroxylation is 1. The minimum absolute atomic E-state index is 0.137. The van der Waals surface area contributed by atoms with E-state index in [1.165, 1.54) is 30.2 Å². The minimum Gasteiger partial charge on any atom is -0.541 e. The Balaban J connectivity index is 1.63. The van der Waals surface area contributed by atoms with Gasteiger partial charge in [0.15, 0.2) is 5.75 Å². The van der Waals surface area contributed by atoms with Gasteiger partial charge in [-0.15, -0.1) is 0 Å². The summed E-state index contributed by atoms with van der Waals surface area (Å²) in [6.45, 7) is 13.8. The van der Waals surface area contributed by atoms with Crippen LogP contribution >= 0.6 is 0 Å². The number of rotatable bonds is 5. The lowest BCUT2D eigenvalue weighted by molar-refractivity contribution is 0.0344. The molecule has 0 heterocycles. The van der Waals surface area contributed by atoms with Crippen molar-refractivity contribution in [2.75, 3.05) is 19.1 Å². The third-order valence-corrected chi connectivity index (χ3v) is 15.2. The summed E-state index contributed by atoms with van der Waals surface area (Å²) < 4.78 is 36.7. The first-order chi connectivity index (χ1) is 15.2. The Hall–Kier alpha value is -1.01. The van der Waals surface area contributed by atoms with Crippen molar-refractivity contribution < 1.29 is 17.6 Å². The molecule has 2 fully saturated rings. The highest BCUT2D eigenvalue weighted by Gasteiger charge is 2.55. The summed E-state index contributed by atoms with van der Waals surface area (Å²) in [6.07, 6.45) is 8.21. The van der Waals surface area contributed by atoms with Gasteiger partial charge in [-0.25, -0.2) is 8.42 Å². The average molecular weight is 493 g/mol. The van der Waals surface area contributed by atoms with Gasteiger partial charge in [-0.2, -0.15) is 0 Å². The van der Waals surface area contributed by atoms with Crippen LogP contribution in [0.2, 0.25) is 18.1 Å². The number of methoxy groups -OCH3 is 1. The predicted octanol–water partition coefficient (Wildman–Crippen LogP) is 6.60. The molecule has 2 saturated carbocycles. The van der Waals surface area contributed by atoms with E-state index in [0.717, 1.165) is 37.2 Å². The lowest BCUT2D eigenvalue weighted by Gasteiger charge is -2.51. The molecular weight excluding hydrogens is 448 g/mol. The first-order valence-corrected chi connectivity index (χ1v) is 17.7. The van der Waals surface area contributed by atoms with Gasteiger partial charge in [-0.1, -0.05) is 27.7 Å². The van der Waals surface area contributed by atoms with Crippen LogP contribution in [0.4, 0.5) is 0 Å². The predicted molar refractivity (Wildman–Crippen MR) is 139 cm³/mol. The van der Waals surface area contributed by atoms with Crippen LogP contribution < -0.4 is 9.16 Å². The van der Waals surface area contributed by atoms with Crippen molar-refractivity contribution in [1.82, 2.24) is 0 Å². The number of sulfone groups is 1. The monoisotopic (exact) mass is 492 g/mol. The summed E-state index contributed by atoms with van der Waals surface area (Å²) in [7, 11) is -3.14. The second kappa shape index (κ2) is 8.29. The minimum atomic E-state index is -2.94. The maximum absolute atomic E-state index is 12.1. The van der Waals surface area contributed by atoms with Gasteiger partial charge in [0.25, 0.3) is 8.32 Å². The van der Waals surface area contributed by atoms with Gasteiger partial charge in [-0.05, 0) is 109 Å². The molecule has 33 heavy (non-hydrogen) atoms. The van der Waals surface area contributed by atoms with Crippen LogP contribution in [0.1, 0.15) is 76.8 Å². The highest BCUT2D eigenvalue weighted by molar-refractivity contribution is 7.90. The summed E-state index contributed by atoms with van der Waals surface area (Å²) in [5.41, 5.74) is 3.05. The van der Waals surface area contributed by atoms with E-state index >= 15 is 0 Å². The quantitative estimate of drug-likeness (QED) is 0.435. The van der Waals surface area contributed by atoms with Crippen molar-refractivity contribution in [2.24, 2.45) is 23.2 Å². The first kappa shape index (κ1) is 25.1. The van der Waals surface area contributed by atoms with Crippen molar-refractivity contribution >= 4 is 18.2 Å². The largest absolute Gasteiger partial charge is 0.541 e. The van der Waals surface area contributed by atoms with Crippen molar-refractivity contribution in [3.63, 3.8) is 0 Å². The molecule has 4 rings (SSSR count). The Bertz CT molecular complexity index is 1010. The number of hydrogen-bond donors (Lipinski definition) is 0. The fourth-order valence-corrected chi connectivity index (χ4v) is 9.29. The zero-order valence-electron chi connectivity index (χ0n) is 22.0. The fraction of sp³-hybridized carbons (Fsp3) is 0.778. The normalized spacial score (nSPS) is 32.0. The summed E-state index contributed by atoms with van der Waals surface area (Å²) in [4.78, 5) is 0. The Labute approximate surface area is 202 Å². The van der Waals surface area contributed by atoms with Crippen molar-refractivity contribution in [3.8, 4) is 11.5 Å². The number of hydrogen-bond acceptors (Lipinski definition) is 4. The van der Waals surface area contributed by atoms with Gasteiger partial charge < -0.3 is 9.16 Å². The van der Waals surface area contributed by atoms with E-state index in [4.69, 9.17) is 9.16 Å². The van der Waals surface area contributed by atoms with Crippen molar-refractivity contribution in [1.29, 1.82) is 0 Å². The van der Waals surface area contributed by atoms with Crippen LogP contribution in [0.15, 0.2) is 12.1 Å². The molecule has 3 aliphatic rings. The summed E-state index contributed by atoms with van der Waals surface area (Å²) in [5.74, 6) is 4.29. The zero-order chi connectivity index (χ0) is 24.4. The van der Waals surface area contributed by atoms with Gasteiger partial charge in [0.1, 0.15) is 15.6 Å². The third kappa shape index (κ3) is 4.51. The highest BCUT2D eigenvalue weighted by atomic mass is 32.2. The van der Waals surface area contributed by atoms with Crippen LogP contribution in [0.3, 0.4) is 0 Å². The molecule has 1 aromatic rings. The van der Waals surface area contributed by atoms with Crippen LogP contribution in [0.5, 0.6) is 11.5 Å². The molecule has 5 atom stereocenters. The fourth-order valence-electron chi connectivity index (χ4n) is 6.99. The standard InChI is InChI=1S/C27H44O4SSi/c1-26(2,3)33(7,8)31-25-15-18-9-11-21-20(22(18)16-24(25)30-5)13-14-27(4)19(10-12-23(21)27)17-32(6,28)29/h15-16,19-21,23H,9-14,17H2,1-8H3/t19-,20?,21?,23?,27-/m1/s1. The second-order valence-corrected chi connectivity index (χ2v) is 19.8. The van der Waals surface area contributed by atoms with E-state index in [1.54, 1.807) is 7.11 Å². The SMILES string of the molecule is COc1cc2c(cc1O[Si](C)(C)C(C)(C)C)CCC1C2CC[C@@]2(C)C1CC[C@@H]2CS(C)(=O)=O. The van der Waals surface area contributed by atoms with Crippen LogP contribution in [0, 0.1) is 23.2 Å². The van der Waals surface area contributed by atoms with Crippen LogP contribution in [0.25, 0.3) is 0 Å². The van der Waals surface area contributed by atoms with E-state index in [0.29, 0.717) is 29.4 Å². The molecule has 186 valence electrons. The summed E-state index contributed by atoms with van der Waals surface area (Å²) >= 11 is 0. The van der Waals surface area contributed by atoms with Crippen LogP contribution in [-0.2, 0) is 16.3 Å². The Morgan fingerprint density at radius 2 is 1.79 bits per heavy atom. The van der Waals surface area contributed by atoms with Crippen LogP contribution in [-0.4, -0.2) is 35.9 Å². The Kier molecular flexibility index (Phi) is 6.30. The molecule has 0 saturated heterocycles. The molecule has 6 heteroatoms. The number of benzene rings is 1. The van der Waals surface area contributed by atoms with Crippen molar-refractivity contribution in [2.45, 2.75) is 90.3 Å². The smallest absolute Gasteiger partial charge is 0.250 e. The number of fused-ring (bicyclic) bond motifs is 5. The van der Waals surface area contributed by atoms with E-state index in [2.05, 4.69) is 52.9 Å². The van der Waals surface area contributed by atoms with E-state index in [-0.39, 0.29) is 10.5 Å². The number of ether oxygens (including phenoxy) is 1. The lowest BCUT2D eigenvalue weighted by atomic mass is 9.54. The molecule has 0 N–H and O–H groups in total. The average Bonchev–Trinajstić information content (AvgIpc) is 3.01. The lowest BCUT2D eigenvalue weighted by Crippen LogP contribution is -2.44. The summed E-state index contributed by atoms with van der Waals surface area (Å²) in [5, 5.41) is 0.137. The van der Waals surface area contributed by atoms with Gasteiger partial charge in [0.2, 0.25) is 0 Å². The van der Waals surface area contributed by atoms with E-state index in [1.807, 2.05) is 0 Å². The molecule has 3 aliphatic carbocycles. The Morgan fingerprint density at radius 3 is 2.39 bits per heavy atom. The molecule has 0 aliphatic heterocycles. The molecule has 0 aromatic heterocycles. The molecule has 0 bridgehead atoms. The molecule has 0 spiro atoms. The summed E-state index contributed by atoms with van der Waals surface area (Å²) in [6, 6.07) is 4.56. The third-order valence-electron chi connectivity index (χ3n) is 9.88. The zero-order valence-corrected chi connectivity index (χ0v) is 23.8. The molecular formula is C27H44O4SSi. The molecule has 0 amide bonds. The van der Waals surface area contributed by atoms with E-state index < -0.39 is 18.2 Å². The molecule has 1 aromatic carbocycles. The van der Waals surface area contributed by atoms with Crippen molar-refractivity contribution in [3.05, 3.63) is 23.3 Å². The second-order valence-electron chi connectivity index (χ2n) is 12.9. The maximum Gasteiger partial charge on any atom is 0.250 e. The molecule has 3 unspecified atom stereocenters. The van der Waals surface area contributed by atoms with Gasteiger partial charge in [0, 0.05) is 6.26 Å². The highest BCUT2D eigenvalue weighted by Crippen LogP contribution is 2.63. The van der Waals surface area contributed by atoms with Gasteiger partial charge in [-0.3, -0.25) is 0 Å². The topological polar surface area (TPSA) is 52.6 Å². The van der Waals surface area contributed by atoms with Gasteiger partial charge >= 0.3 is 0 Å². The maximum atomic E-state index is 12.1. The Morgan fingerprint density at radius 1 is 1.09 bits per heavy atom.